The van der Waals surface area contributed by atoms with E-state index < -0.39 is 5.41 Å². The summed E-state index contributed by atoms with van der Waals surface area (Å²) in [6, 6.07) is 16.5. The Kier molecular flexibility index (Phi) is 7.66. The van der Waals surface area contributed by atoms with Gasteiger partial charge in [-0.05, 0) is 63.8 Å². The lowest BCUT2D eigenvalue weighted by Gasteiger charge is -2.43. The molecule has 9 rings (SSSR count). The number of aromatic amines is 2. The third kappa shape index (κ3) is 5.41. The van der Waals surface area contributed by atoms with E-state index in [-0.39, 0.29) is 36.0 Å². The van der Waals surface area contributed by atoms with E-state index in [9.17, 15) is 14.9 Å². The molecule has 4 atom stereocenters. The summed E-state index contributed by atoms with van der Waals surface area (Å²) in [5.41, 5.74) is 1.51. The van der Waals surface area contributed by atoms with Crippen LogP contribution >= 0.6 is 0 Å². The lowest BCUT2D eigenvalue weighted by Crippen LogP contribution is -2.58. The minimum atomic E-state index is -0.966. The zero-order valence-corrected chi connectivity index (χ0v) is 27.7. The Morgan fingerprint density at radius 1 is 0.714 bits per heavy atom. The van der Waals surface area contributed by atoms with Crippen molar-refractivity contribution >= 4 is 45.5 Å². The van der Waals surface area contributed by atoms with Crippen molar-refractivity contribution < 1.29 is 9.59 Å². The number of rotatable bonds is 4. The Morgan fingerprint density at radius 3 is 1.65 bits per heavy atom. The summed E-state index contributed by atoms with van der Waals surface area (Å²) in [4.78, 5) is 58.1. The zero-order valence-electron chi connectivity index (χ0n) is 27.7. The van der Waals surface area contributed by atoms with E-state index in [2.05, 4.69) is 50.7 Å². The molecule has 0 radical (unpaired) electrons. The van der Waals surface area contributed by atoms with Gasteiger partial charge in [0.2, 0.25) is 5.91 Å². The number of nitrogens with zero attached hydrogens (tertiary/aromatic N) is 9. The van der Waals surface area contributed by atoms with Crippen LogP contribution in [0, 0.1) is 16.7 Å². The molecule has 8 heterocycles. The molecule has 2 amide bonds. The van der Waals surface area contributed by atoms with Crippen molar-refractivity contribution in [1.29, 1.82) is 5.26 Å². The molecule has 4 aliphatic heterocycles. The predicted molar refractivity (Wildman–Crippen MR) is 185 cm³/mol. The van der Waals surface area contributed by atoms with Gasteiger partial charge in [0.25, 0.3) is 5.91 Å². The molecule has 4 unspecified atom stereocenters. The fourth-order valence-electron chi connectivity index (χ4n) is 8.14. The van der Waals surface area contributed by atoms with Gasteiger partial charge in [-0.25, -0.2) is 19.9 Å². The van der Waals surface area contributed by atoms with Crippen LogP contribution in [0.25, 0.3) is 22.1 Å². The second-order valence-corrected chi connectivity index (χ2v) is 14.0. The number of anilines is 2. The smallest absolute Gasteiger partial charge is 0.254 e. The van der Waals surface area contributed by atoms with E-state index in [1.165, 1.54) is 0 Å². The number of hydrogen-bond acceptors (Lipinski definition) is 9. The Balaban J connectivity index is 0.000000142. The van der Waals surface area contributed by atoms with Crippen molar-refractivity contribution in [2.75, 3.05) is 36.0 Å². The molecular formula is C36H39N11O2. The molecule has 13 nitrogen and oxygen atoms in total. The van der Waals surface area contributed by atoms with E-state index in [4.69, 9.17) is 0 Å². The minimum absolute atomic E-state index is 0.0494. The third-order valence-electron chi connectivity index (χ3n) is 10.5. The SMILES string of the molecule is CC(C)(C#N)C(=O)N1C2CCC1CN(c1ncnc3[nH]ccc13)C2.O=C(c1ccccc1)N1C2CCC1CN(c1ncnc3[nH]ccc13)C2. The van der Waals surface area contributed by atoms with E-state index >= 15 is 0 Å². The average molecular weight is 658 g/mol. The number of aromatic nitrogens is 6. The van der Waals surface area contributed by atoms with Crippen molar-refractivity contribution in [2.45, 2.75) is 63.7 Å². The molecule has 4 aliphatic rings. The van der Waals surface area contributed by atoms with Gasteiger partial charge in [0.15, 0.2) is 0 Å². The van der Waals surface area contributed by atoms with Crippen LogP contribution in [-0.2, 0) is 4.79 Å². The first-order chi connectivity index (χ1) is 23.8. The molecule has 5 aromatic rings. The van der Waals surface area contributed by atoms with Crippen LogP contribution in [0.4, 0.5) is 11.6 Å². The minimum Gasteiger partial charge on any atom is -0.352 e. The van der Waals surface area contributed by atoms with Gasteiger partial charge in [-0.1, -0.05) is 18.2 Å². The molecule has 0 saturated carbocycles. The number of nitriles is 1. The largest absolute Gasteiger partial charge is 0.352 e. The first-order valence-electron chi connectivity index (χ1n) is 17.0. The monoisotopic (exact) mass is 657 g/mol. The maximum Gasteiger partial charge on any atom is 0.254 e. The van der Waals surface area contributed by atoms with E-state index in [1.54, 1.807) is 26.5 Å². The van der Waals surface area contributed by atoms with Gasteiger partial charge in [-0.15, -0.1) is 0 Å². The molecule has 0 spiro atoms. The van der Waals surface area contributed by atoms with Crippen LogP contribution in [0.2, 0.25) is 0 Å². The fourth-order valence-corrected chi connectivity index (χ4v) is 8.14. The highest BCUT2D eigenvalue weighted by Crippen LogP contribution is 2.37. The summed E-state index contributed by atoms with van der Waals surface area (Å²) < 4.78 is 0. The number of benzene rings is 1. The van der Waals surface area contributed by atoms with Crippen molar-refractivity contribution in [3.63, 3.8) is 0 Å². The number of H-pyrrole nitrogens is 2. The molecule has 250 valence electrons. The molecule has 0 aliphatic carbocycles. The standard InChI is InChI=1S/C19H19N5O.C17H20N6O/c25-19(13-4-2-1-3-5-13)24-14-6-7-15(24)11-23(10-14)18-16-8-9-20-17(16)21-12-22-18;1-17(2,9-18)16(24)23-11-3-4-12(23)8-22(7-11)15-13-5-6-19-14(13)20-10-21-15/h1-5,8-9,12,14-15H,6-7,10-11H2,(H,20,21,22);5-6,10-12H,3-4,7-8H2,1-2H3,(H,19,20,21). The van der Waals surface area contributed by atoms with Crippen molar-refractivity contribution in [3.05, 3.63) is 73.1 Å². The normalized spacial score (nSPS) is 23.0. The number of fused-ring (bicyclic) bond motifs is 6. The van der Waals surface area contributed by atoms with E-state index in [1.807, 2.05) is 59.8 Å². The molecule has 4 saturated heterocycles. The summed E-state index contributed by atoms with van der Waals surface area (Å²) >= 11 is 0. The van der Waals surface area contributed by atoms with Gasteiger partial charge in [-0.2, -0.15) is 5.26 Å². The van der Waals surface area contributed by atoms with Gasteiger partial charge in [0, 0.05) is 56.2 Å². The van der Waals surface area contributed by atoms with Crippen LogP contribution in [0.1, 0.15) is 49.9 Å². The first kappa shape index (κ1) is 30.8. The second-order valence-electron chi connectivity index (χ2n) is 14.0. The van der Waals surface area contributed by atoms with Gasteiger partial charge in [0.1, 0.15) is 41.0 Å². The molecule has 4 bridgehead atoms. The summed E-state index contributed by atoms with van der Waals surface area (Å²) in [5, 5.41) is 11.3. The number of amides is 2. The number of hydrogen-bond donors (Lipinski definition) is 2. The third-order valence-corrected chi connectivity index (χ3v) is 10.5. The molecule has 49 heavy (non-hydrogen) atoms. The lowest BCUT2D eigenvalue weighted by atomic mass is 9.92. The molecule has 4 aromatic heterocycles. The fraction of sp³-hybridized carbons (Fsp3) is 0.417. The van der Waals surface area contributed by atoms with Crippen LogP contribution in [0.15, 0.2) is 67.5 Å². The molecule has 1 aromatic carbocycles. The van der Waals surface area contributed by atoms with E-state index in [0.717, 1.165) is 91.1 Å². The number of piperazine rings is 2. The topological polar surface area (TPSA) is 154 Å². The highest BCUT2D eigenvalue weighted by Gasteiger charge is 2.47. The Labute approximate surface area is 284 Å². The van der Waals surface area contributed by atoms with Crippen molar-refractivity contribution in [2.24, 2.45) is 5.41 Å². The van der Waals surface area contributed by atoms with Gasteiger partial charge in [-0.3, -0.25) is 9.59 Å². The second kappa shape index (κ2) is 12.2. The Morgan fingerprint density at radius 2 is 1.18 bits per heavy atom. The summed E-state index contributed by atoms with van der Waals surface area (Å²) in [6.45, 7) is 6.56. The zero-order chi connectivity index (χ0) is 33.7. The number of nitrogens with one attached hydrogen (secondary N) is 2. The molecule has 4 fully saturated rings. The highest BCUT2D eigenvalue weighted by molar-refractivity contribution is 5.95. The van der Waals surface area contributed by atoms with Gasteiger partial charge in [0.05, 0.1) is 28.9 Å². The molecular weight excluding hydrogens is 618 g/mol. The number of carbonyl (C=O) groups excluding carboxylic acids is 2. The maximum atomic E-state index is 13.0. The van der Waals surface area contributed by atoms with Crippen LogP contribution < -0.4 is 9.80 Å². The summed E-state index contributed by atoms with van der Waals surface area (Å²) in [5.74, 6) is 1.99. The van der Waals surface area contributed by atoms with E-state index in [0.29, 0.717) is 0 Å². The van der Waals surface area contributed by atoms with Gasteiger partial charge >= 0.3 is 0 Å². The average Bonchev–Trinajstić information content (AvgIpc) is 3.92. The Hall–Kier alpha value is -5.51. The van der Waals surface area contributed by atoms with Crippen molar-refractivity contribution in [3.8, 4) is 6.07 Å². The van der Waals surface area contributed by atoms with Crippen LogP contribution in [0.5, 0.6) is 0 Å². The molecule has 13 heteroatoms. The van der Waals surface area contributed by atoms with Crippen LogP contribution in [-0.4, -0.2) is 102 Å². The maximum absolute atomic E-state index is 13.0. The van der Waals surface area contributed by atoms with Gasteiger partial charge < -0.3 is 29.6 Å². The molecule has 2 N–H and O–H groups in total. The summed E-state index contributed by atoms with van der Waals surface area (Å²) in [7, 11) is 0. The van der Waals surface area contributed by atoms with Crippen LogP contribution in [0.3, 0.4) is 0 Å². The van der Waals surface area contributed by atoms with Crippen molar-refractivity contribution in [1.82, 2.24) is 39.7 Å². The summed E-state index contributed by atoms with van der Waals surface area (Å²) in [6.07, 6.45) is 11.0. The predicted octanol–water partition coefficient (Wildman–Crippen LogP) is 4.14. The number of carbonyl (C=O) groups is 2. The highest BCUT2D eigenvalue weighted by atomic mass is 16.2. The first-order valence-corrected chi connectivity index (χ1v) is 17.0. The Bertz CT molecular complexity index is 2020. The lowest BCUT2D eigenvalue weighted by molar-refractivity contribution is -0.141. The quantitative estimate of drug-likeness (QED) is 0.290.